The van der Waals surface area contributed by atoms with Gasteiger partial charge in [-0.05, 0) is 67.3 Å². The lowest BCUT2D eigenvalue weighted by Gasteiger charge is -2.34. The van der Waals surface area contributed by atoms with E-state index in [0.717, 1.165) is 46.7 Å². The largest absolute Gasteiger partial charge is 0.497 e. The average molecular weight is 640 g/mol. The number of aryl methyl sites for hydroxylation is 1. The van der Waals surface area contributed by atoms with Crippen LogP contribution in [0, 0.1) is 6.92 Å². The van der Waals surface area contributed by atoms with E-state index in [1.54, 1.807) is 24.3 Å². The first-order valence-corrected chi connectivity index (χ1v) is 17.1. The molecule has 0 aromatic heterocycles. The number of nitrogens with zero attached hydrogens (tertiary/aromatic N) is 2. The van der Waals surface area contributed by atoms with Gasteiger partial charge in [0.1, 0.15) is 18.3 Å². The van der Waals surface area contributed by atoms with Crippen LogP contribution in [-0.2, 0) is 32.6 Å². The van der Waals surface area contributed by atoms with Gasteiger partial charge in [-0.3, -0.25) is 13.9 Å². The highest BCUT2D eigenvalue weighted by Gasteiger charge is 2.35. The standard InChI is InChI=1S/C37H41N3O5S/c1-28-17-19-32(20-18-28)40(46(43,44)34-23-21-33(45-2)22-24-34)27-36(41)39(26-30-13-7-4-8-14-30)35(25-29-11-5-3-6-12-29)37(42)38-31-15-9-10-16-31/h3-8,11-14,17-24,31,35H,9-10,15-16,25-27H2,1-2H3,(H,38,42)/t35-/m1/s1. The molecule has 46 heavy (non-hydrogen) atoms. The van der Waals surface area contributed by atoms with Crippen LogP contribution in [-0.4, -0.2) is 50.9 Å². The molecule has 8 nitrogen and oxygen atoms in total. The number of hydrogen-bond donors (Lipinski definition) is 1. The molecule has 240 valence electrons. The van der Waals surface area contributed by atoms with Crippen LogP contribution in [0.15, 0.2) is 114 Å². The first-order valence-electron chi connectivity index (χ1n) is 15.7. The Kier molecular flexibility index (Phi) is 10.8. The lowest BCUT2D eigenvalue weighted by atomic mass is 10.0. The summed E-state index contributed by atoms with van der Waals surface area (Å²) in [5.74, 6) is -0.202. The Morgan fingerprint density at radius 2 is 1.41 bits per heavy atom. The van der Waals surface area contributed by atoms with Crippen molar-refractivity contribution < 1.29 is 22.7 Å². The molecule has 1 atom stereocenters. The van der Waals surface area contributed by atoms with Gasteiger partial charge in [0.05, 0.1) is 17.7 Å². The zero-order chi connectivity index (χ0) is 32.5. The number of sulfonamides is 1. The van der Waals surface area contributed by atoms with E-state index in [2.05, 4.69) is 5.32 Å². The van der Waals surface area contributed by atoms with Gasteiger partial charge in [-0.15, -0.1) is 0 Å². The number of benzene rings is 4. The van der Waals surface area contributed by atoms with Crippen molar-refractivity contribution in [2.75, 3.05) is 18.0 Å². The predicted octanol–water partition coefficient (Wildman–Crippen LogP) is 5.90. The van der Waals surface area contributed by atoms with Crippen molar-refractivity contribution in [3.05, 3.63) is 126 Å². The molecule has 1 fully saturated rings. The number of amides is 2. The average Bonchev–Trinajstić information content (AvgIpc) is 3.59. The normalized spacial score (nSPS) is 14.0. The van der Waals surface area contributed by atoms with Crippen molar-refractivity contribution in [3.63, 3.8) is 0 Å². The van der Waals surface area contributed by atoms with Crippen molar-refractivity contribution in [3.8, 4) is 5.75 Å². The lowest BCUT2D eigenvalue weighted by molar-refractivity contribution is -0.140. The minimum Gasteiger partial charge on any atom is -0.497 e. The third-order valence-corrected chi connectivity index (χ3v) is 10.2. The minimum atomic E-state index is -4.19. The maximum atomic E-state index is 14.6. The summed E-state index contributed by atoms with van der Waals surface area (Å²) in [6.07, 6.45) is 4.19. The van der Waals surface area contributed by atoms with E-state index in [1.165, 1.54) is 24.1 Å². The number of anilines is 1. The molecule has 0 bridgehead atoms. The van der Waals surface area contributed by atoms with Crippen molar-refractivity contribution in [2.24, 2.45) is 0 Å². The molecule has 9 heteroatoms. The van der Waals surface area contributed by atoms with Crippen molar-refractivity contribution in [1.82, 2.24) is 10.2 Å². The fourth-order valence-corrected chi connectivity index (χ4v) is 7.23. The molecular weight excluding hydrogens is 598 g/mol. The molecule has 4 aromatic carbocycles. The van der Waals surface area contributed by atoms with Crippen LogP contribution in [0.1, 0.15) is 42.4 Å². The molecular formula is C37H41N3O5S. The second-order valence-electron chi connectivity index (χ2n) is 11.7. The van der Waals surface area contributed by atoms with Gasteiger partial charge >= 0.3 is 0 Å². The Bertz CT molecular complexity index is 1690. The Balaban J connectivity index is 1.54. The van der Waals surface area contributed by atoms with Crippen LogP contribution in [0.2, 0.25) is 0 Å². The summed E-state index contributed by atoms with van der Waals surface area (Å²) >= 11 is 0. The van der Waals surface area contributed by atoms with Crippen molar-refractivity contribution in [2.45, 2.75) is 62.6 Å². The molecule has 1 saturated carbocycles. The fourth-order valence-electron chi connectivity index (χ4n) is 5.82. The summed E-state index contributed by atoms with van der Waals surface area (Å²) in [4.78, 5) is 30.2. The number of carbonyl (C=O) groups excluding carboxylic acids is 2. The van der Waals surface area contributed by atoms with Gasteiger partial charge in [0, 0.05) is 19.0 Å². The van der Waals surface area contributed by atoms with E-state index in [-0.39, 0.29) is 29.8 Å². The molecule has 0 heterocycles. The van der Waals surface area contributed by atoms with E-state index in [0.29, 0.717) is 11.4 Å². The molecule has 0 aliphatic heterocycles. The predicted molar refractivity (Wildman–Crippen MR) is 180 cm³/mol. The maximum absolute atomic E-state index is 14.6. The Labute approximate surface area is 272 Å². The van der Waals surface area contributed by atoms with Gasteiger partial charge in [0.15, 0.2) is 0 Å². The van der Waals surface area contributed by atoms with Crippen molar-refractivity contribution >= 4 is 27.5 Å². The summed E-state index contributed by atoms with van der Waals surface area (Å²) in [5.41, 5.74) is 3.04. The van der Waals surface area contributed by atoms with Gasteiger partial charge in [-0.25, -0.2) is 8.42 Å². The SMILES string of the molecule is COc1ccc(S(=O)(=O)N(CC(=O)N(Cc2ccccc2)[C@H](Cc2ccccc2)C(=O)NC2CCCC2)c2ccc(C)cc2)cc1. The summed E-state index contributed by atoms with van der Waals surface area (Å²) in [5, 5.41) is 3.20. The number of ether oxygens (including phenoxy) is 1. The molecule has 2 amide bonds. The van der Waals surface area contributed by atoms with E-state index < -0.39 is 28.5 Å². The molecule has 5 rings (SSSR count). The monoisotopic (exact) mass is 639 g/mol. The smallest absolute Gasteiger partial charge is 0.264 e. The van der Waals surface area contributed by atoms with E-state index in [4.69, 9.17) is 4.74 Å². The Morgan fingerprint density at radius 3 is 2.00 bits per heavy atom. The van der Waals surface area contributed by atoms with Gasteiger partial charge in [0.2, 0.25) is 11.8 Å². The highest BCUT2D eigenvalue weighted by atomic mass is 32.2. The van der Waals surface area contributed by atoms with E-state index in [1.807, 2.05) is 79.7 Å². The van der Waals surface area contributed by atoms with Gasteiger partial charge in [-0.2, -0.15) is 0 Å². The maximum Gasteiger partial charge on any atom is 0.264 e. The van der Waals surface area contributed by atoms with E-state index >= 15 is 0 Å². The number of rotatable bonds is 13. The Hall–Kier alpha value is -4.63. The number of nitrogens with one attached hydrogen (secondary N) is 1. The van der Waals surface area contributed by atoms with Crippen LogP contribution in [0.5, 0.6) is 5.75 Å². The second kappa shape index (κ2) is 15.1. The highest BCUT2D eigenvalue weighted by Crippen LogP contribution is 2.27. The summed E-state index contributed by atoms with van der Waals surface area (Å²) in [6, 6.07) is 31.4. The van der Waals surface area contributed by atoms with E-state index in [9.17, 15) is 18.0 Å². The van der Waals surface area contributed by atoms with Crippen LogP contribution in [0.4, 0.5) is 5.69 Å². The molecule has 1 N–H and O–H groups in total. The lowest BCUT2D eigenvalue weighted by Crippen LogP contribution is -2.54. The topological polar surface area (TPSA) is 96.0 Å². The minimum absolute atomic E-state index is 0.0242. The molecule has 1 aliphatic carbocycles. The molecule has 0 spiro atoms. The number of methoxy groups -OCH3 is 1. The van der Waals surface area contributed by atoms with Crippen molar-refractivity contribution in [1.29, 1.82) is 0 Å². The van der Waals surface area contributed by atoms with Gasteiger partial charge in [-0.1, -0.05) is 91.2 Å². The molecule has 4 aromatic rings. The van der Waals surface area contributed by atoms with Crippen LogP contribution >= 0.6 is 0 Å². The third-order valence-electron chi connectivity index (χ3n) is 8.42. The number of carbonyl (C=O) groups is 2. The summed E-state index contributed by atoms with van der Waals surface area (Å²) in [6.45, 7) is 1.56. The number of hydrogen-bond acceptors (Lipinski definition) is 5. The Morgan fingerprint density at radius 1 is 0.826 bits per heavy atom. The van der Waals surface area contributed by atoms with Gasteiger partial charge in [0.25, 0.3) is 10.0 Å². The zero-order valence-corrected chi connectivity index (χ0v) is 27.2. The molecule has 1 aliphatic rings. The second-order valence-corrected chi connectivity index (χ2v) is 13.6. The molecule has 0 saturated heterocycles. The van der Waals surface area contributed by atoms with Gasteiger partial charge < -0.3 is 15.0 Å². The summed E-state index contributed by atoms with van der Waals surface area (Å²) in [7, 11) is -2.68. The highest BCUT2D eigenvalue weighted by molar-refractivity contribution is 7.92. The van der Waals surface area contributed by atoms with Crippen LogP contribution in [0.25, 0.3) is 0 Å². The van der Waals surface area contributed by atoms with Crippen LogP contribution < -0.4 is 14.4 Å². The fraction of sp³-hybridized carbons (Fsp3) is 0.297. The molecule has 0 unspecified atom stereocenters. The quantitative estimate of drug-likeness (QED) is 0.197. The van der Waals surface area contributed by atoms with Crippen LogP contribution in [0.3, 0.4) is 0 Å². The first kappa shape index (κ1) is 32.8. The first-order chi connectivity index (χ1) is 22.2. The molecule has 0 radical (unpaired) electrons. The third kappa shape index (κ3) is 8.14. The summed E-state index contributed by atoms with van der Waals surface area (Å²) < 4.78 is 34.7. The zero-order valence-electron chi connectivity index (χ0n) is 26.3.